The van der Waals surface area contributed by atoms with E-state index >= 15 is 0 Å². The van der Waals surface area contributed by atoms with E-state index in [1.807, 2.05) is 31.2 Å². The van der Waals surface area contributed by atoms with E-state index < -0.39 is 0 Å². The first-order chi connectivity index (χ1) is 15.9. The molecule has 3 heterocycles. The van der Waals surface area contributed by atoms with Crippen molar-refractivity contribution in [3.8, 4) is 5.75 Å². The third kappa shape index (κ3) is 4.05. The Morgan fingerprint density at radius 3 is 2.73 bits per heavy atom. The summed E-state index contributed by atoms with van der Waals surface area (Å²) in [5.41, 5.74) is 10.0. The van der Waals surface area contributed by atoms with Crippen LogP contribution < -0.4 is 20.7 Å². The normalized spacial score (nSPS) is 21.8. The summed E-state index contributed by atoms with van der Waals surface area (Å²) in [4.78, 5) is 25.3. The zero-order valence-corrected chi connectivity index (χ0v) is 19.8. The Morgan fingerprint density at radius 2 is 1.97 bits per heavy atom. The molecule has 2 aromatic rings. The molecular formula is C26H33N5O2. The van der Waals surface area contributed by atoms with Gasteiger partial charge in [-0.05, 0) is 55.7 Å². The molecule has 1 aromatic carbocycles. The van der Waals surface area contributed by atoms with Gasteiger partial charge in [-0.15, -0.1) is 0 Å². The molecule has 1 fully saturated rings. The molecule has 0 amide bonds. The highest BCUT2D eigenvalue weighted by Crippen LogP contribution is 2.50. The van der Waals surface area contributed by atoms with Crippen LogP contribution >= 0.6 is 0 Å². The lowest BCUT2D eigenvalue weighted by Gasteiger charge is -2.39. The van der Waals surface area contributed by atoms with Crippen LogP contribution in [0.4, 0.5) is 17.6 Å². The molecule has 3 N–H and O–H groups in total. The van der Waals surface area contributed by atoms with Gasteiger partial charge in [0.15, 0.2) is 5.78 Å². The SMILES string of the molecule is CCOc1cccc(C2C3=C(CC(C)(C)CC3=O)Nc3nc(N4CCCCC4)nc(N)c32)c1. The summed E-state index contributed by atoms with van der Waals surface area (Å²) >= 11 is 0. The van der Waals surface area contributed by atoms with Crippen molar-refractivity contribution in [2.45, 2.75) is 58.8 Å². The largest absolute Gasteiger partial charge is 0.494 e. The number of nitrogens with zero attached hydrogens (tertiary/aromatic N) is 3. The van der Waals surface area contributed by atoms with Gasteiger partial charge in [-0.1, -0.05) is 26.0 Å². The van der Waals surface area contributed by atoms with Crippen LogP contribution in [0.3, 0.4) is 0 Å². The summed E-state index contributed by atoms with van der Waals surface area (Å²) in [6, 6.07) is 7.96. The molecule has 1 aromatic heterocycles. The number of hydrogen-bond donors (Lipinski definition) is 2. The molecule has 174 valence electrons. The number of fused-ring (bicyclic) bond motifs is 1. The smallest absolute Gasteiger partial charge is 0.229 e. The van der Waals surface area contributed by atoms with Crippen molar-refractivity contribution in [2.75, 3.05) is 35.6 Å². The summed E-state index contributed by atoms with van der Waals surface area (Å²) in [5.74, 6) is 2.46. The van der Waals surface area contributed by atoms with Crippen molar-refractivity contribution in [3.63, 3.8) is 0 Å². The zero-order valence-electron chi connectivity index (χ0n) is 19.8. The van der Waals surface area contributed by atoms with Crippen molar-refractivity contribution in [3.05, 3.63) is 46.7 Å². The van der Waals surface area contributed by atoms with Gasteiger partial charge in [0.25, 0.3) is 0 Å². The first-order valence-electron chi connectivity index (χ1n) is 12.0. The van der Waals surface area contributed by atoms with Crippen LogP contribution in [0.15, 0.2) is 35.5 Å². The highest BCUT2D eigenvalue weighted by molar-refractivity contribution is 6.02. The van der Waals surface area contributed by atoms with Crippen LogP contribution in [-0.4, -0.2) is 35.4 Å². The summed E-state index contributed by atoms with van der Waals surface area (Å²) in [6.07, 6.45) is 4.81. The van der Waals surface area contributed by atoms with Gasteiger partial charge in [-0.2, -0.15) is 9.97 Å². The lowest BCUT2D eigenvalue weighted by atomic mass is 9.69. The maximum atomic E-state index is 13.5. The lowest BCUT2D eigenvalue weighted by Crippen LogP contribution is -2.36. The van der Waals surface area contributed by atoms with Crippen molar-refractivity contribution in [1.29, 1.82) is 0 Å². The fourth-order valence-corrected chi connectivity index (χ4v) is 5.44. The van der Waals surface area contributed by atoms with Crippen molar-refractivity contribution >= 4 is 23.4 Å². The Bertz CT molecular complexity index is 1120. The molecule has 5 rings (SSSR count). The van der Waals surface area contributed by atoms with Gasteiger partial charge in [0.1, 0.15) is 17.4 Å². The Balaban J connectivity index is 1.66. The van der Waals surface area contributed by atoms with Gasteiger partial charge in [0.05, 0.1) is 6.61 Å². The monoisotopic (exact) mass is 447 g/mol. The number of ether oxygens (including phenoxy) is 1. The molecule has 3 aliphatic rings. The maximum absolute atomic E-state index is 13.5. The van der Waals surface area contributed by atoms with Crippen molar-refractivity contribution < 1.29 is 9.53 Å². The highest BCUT2D eigenvalue weighted by atomic mass is 16.5. The topological polar surface area (TPSA) is 93.4 Å². The first kappa shape index (κ1) is 21.7. The molecule has 0 spiro atoms. The van der Waals surface area contributed by atoms with Crippen LogP contribution in [-0.2, 0) is 4.79 Å². The molecule has 1 atom stereocenters. The number of ketones is 1. The summed E-state index contributed by atoms with van der Waals surface area (Å²) in [6.45, 7) is 8.72. The number of allylic oxidation sites excluding steroid dienone is 2. The van der Waals surface area contributed by atoms with E-state index in [4.69, 9.17) is 20.4 Å². The molecule has 2 aliphatic heterocycles. The Morgan fingerprint density at radius 1 is 1.18 bits per heavy atom. The number of nitrogens with one attached hydrogen (secondary N) is 1. The van der Waals surface area contributed by atoms with Crippen LogP contribution in [0.2, 0.25) is 0 Å². The molecule has 1 saturated heterocycles. The van der Waals surface area contributed by atoms with Gasteiger partial charge in [-0.25, -0.2) is 0 Å². The van der Waals surface area contributed by atoms with E-state index in [9.17, 15) is 4.79 Å². The minimum Gasteiger partial charge on any atom is -0.494 e. The summed E-state index contributed by atoms with van der Waals surface area (Å²) in [5, 5.41) is 3.51. The minimum atomic E-state index is -0.310. The van der Waals surface area contributed by atoms with Crippen LogP contribution in [0, 0.1) is 5.41 Å². The van der Waals surface area contributed by atoms with Crippen LogP contribution in [0.1, 0.15) is 69.9 Å². The number of anilines is 3. The number of piperidine rings is 1. The fourth-order valence-electron chi connectivity index (χ4n) is 5.44. The predicted octanol–water partition coefficient (Wildman–Crippen LogP) is 4.65. The average Bonchev–Trinajstić information content (AvgIpc) is 2.78. The number of benzene rings is 1. The highest BCUT2D eigenvalue weighted by Gasteiger charge is 2.42. The predicted molar refractivity (Wildman–Crippen MR) is 131 cm³/mol. The van der Waals surface area contributed by atoms with Crippen LogP contribution in [0.25, 0.3) is 0 Å². The quantitative estimate of drug-likeness (QED) is 0.705. The minimum absolute atomic E-state index is 0.105. The molecule has 1 unspecified atom stereocenters. The molecule has 0 bridgehead atoms. The zero-order chi connectivity index (χ0) is 23.2. The van der Waals surface area contributed by atoms with E-state index in [1.54, 1.807) is 0 Å². The second-order valence-electron chi connectivity index (χ2n) is 10.1. The van der Waals surface area contributed by atoms with Gasteiger partial charge >= 0.3 is 0 Å². The third-order valence-electron chi connectivity index (χ3n) is 6.87. The van der Waals surface area contributed by atoms with Gasteiger partial charge < -0.3 is 20.7 Å². The van der Waals surface area contributed by atoms with E-state index in [0.717, 1.165) is 66.3 Å². The van der Waals surface area contributed by atoms with Gasteiger partial charge in [0.2, 0.25) is 5.95 Å². The van der Waals surface area contributed by atoms with E-state index in [1.165, 1.54) is 6.42 Å². The summed E-state index contributed by atoms with van der Waals surface area (Å²) in [7, 11) is 0. The van der Waals surface area contributed by atoms with E-state index in [0.29, 0.717) is 24.8 Å². The van der Waals surface area contributed by atoms with Gasteiger partial charge in [0, 0.05) is 42.3 Å². The second-order valence-corrected chi connectivity index (χ2v) is 10.1. The van der Waals surface area contributed by atoms with E-state index in [-0.39, 0.29) is 17.1 Å². The Kier molecular flexibility index (Phi) is 5.51. The summed E-state index contributed by atoms with van der Waals surface area (Å²) < 4.78 is 5.76. The van der Waals surface area contributed by atoms with E-state index in [2.05, 4.69) is 24.1 Å². The van der Waals surface area contributed by atoms with Crippen molar-refractivity contribution in [1.82, 2.24) is 9.97 Å². The van der Waals surface area contributed by atoms with Gasteiger partial charge in [-0.3, -0.25) is 4.79 Å². The number of rotatable bonds is 4. The Labute approximate surface area is 195 Å². The molecule has 33 heavy (non-hydrogen) atoms. The molecule has 7 heteroatoms. The maximum Gasteiger partial charge on any atom is 0.229 e. The first-order valence-corrected chi connectivity index (χ1v) is 12.0. The molecule has 0 saturated carbocycles. The van der Waals surface area contributed by atoms with Crippen molar-refractivity contribution in [2.24, 2.45) is 5.41 Å². The molecule has 1 aliphatic carbocycles. The number of nitrogen functional groups attached to an aromatic ring is 1. The number of carbonyl (C=O) groups is 1. The molecule has 7 nitrogen and oxygen atoms in total. The third-order valence-corrected chi connectivity index (χ3v) is 6.87. The molecular weight excluding hydrogens is 414 g/mol. The number of hydrogen-bond acceptors (Lipinski definition) is 7. The Hall–Kier alpha value is -3.09. The lowest BCUT2D eigenvalue weighted by molar-refractivity contribution is -0.118. The fraction of sp³-hybridized carbons (Fsp3) is 0.500. The standard InChI is InChI=1S/C26H33N5O2/c1-4-33-17-10-8-9-16(13-17)20-21-18(14-26(2,3)15-19(21)32)28-24-22(20)23(27)29-25(30-24)31-11-6-5-7-12-31/h8-10,13,20H,4-7,11-12,14-15H2,1-3H3,(H3,27,28,29,30). The number of Topliss-reactive ketones (excluding diaryl/α,β-unsaturated/α-hetero) is 1. The number of nitrogens with two attached hydrogens (primary N) is 1. The van der Waals surface area contributed by atoms with Crippen LogP contribution in [0.5, 0.6) is 5.75 Å². The number of carbonyl (C=O) groups excluding carboxylic acids is 1. The number of aromatic nitrogens is 2. The second kappa shape index (κ2) is 8.36. The average molecular weight is 448 g/mol. The molecule has 0 radical (unpaired) electrons.